The Morgan fingerprint density at radius 3 is 2.85 bits per heavy atom. The van der Waals surface area contributed by atoms with Crippen molar-refractivity contribution >= 4 is 39.1 Å². The number of aromatic nitrogens is 2. The topological polar surface area (TPSA) is 48.6 Å². The number of fused-ring (bicyclic) bond motifs is 1. The summed E-state index contributed by atoms with van der Waals surface area (Å²) in [7, 11) is 0. The van der Waals surface area contributed by atoms with Gasteiger partial charge in [-0.15, -0.1) is 0 Å². The van der Waals surface area contributed by atoms with Crippen LogP contribution < -0.4 is 5.69 Å². The van der Waals surface area contributed by atoms with Crippen molar-refractivity contribution in [2.45, 2.75) is 0 Å². The van der Waals surface area contributed by atoms with Gasteiger partial charge in [0.15, 0.2) is 0 Å². The summed E-state index contributed by atoms with van der Waals surface area (Å²) in [4.78, 5) is 16.2. The number of H-pyrrole nitrogens is 2. The quantitative estimate of drug-likeness (QED) is 0.712. The predicted octanol–water partition coefficient (Wildman–Crippen LogP) is 2.35. The monoisotopic (exact) mass is 256 g/mol. The molecular weight excluding hydrogens is 252 g/mol. The molecule has 2 N–H and O–H groups in total. The first-order chi connectivity index (χ1) is 6.16. The van der Waals surface area contributed by atoms with Gasteiger partial charge in [-0.1, -0.05) is 28.1 Å². The zero-order chi connectivity index (χ0) is 9.42. The molecule has 0 atom stereocenters. The molecule has 3 nitrogen and oxygen atoms in total. The van der Waals surface area contributed by atoms with Crippen molar-refractivity contribution < 1.29 is 0 Å². The van der Waals surface area contributed by atoms with Gasteiger partial charge in [0.25, 0.3) is 0 Å². The number of hydrogen-bond donors (Lipinski definition) is 2. The van der Waals surface area contributed by atoms with E-state index >= 15 is 0 Å². The molecule has 0 radical (unpaired) electrons. The maximum absolute atomic E-state index is 11.0. The fraction of sp³-hybridized carbons (Fsp3) is 0. The first-order valence-electron chi connectivity index (χ1n) is 3.59. The van der Waals surface area contributed by atoms with E-state index in [4.69, 9.17) is 12.2 Å². The Kier molecular flexibility index (Phi) is 2.05. The van der Waals surface area contributed by atoms with E-state index in [1.165, 1.54) is 0 Å². The van der Waals surface area contributed by atoms with Gasteiger partial charge in [0.1, 0.15) is 4.64 Å². The van der Waals surface area contributed by atoms with Crippen molar-refractivity contribution in [3.63, 3.8) is 0 Å². The van der Waals surface area contributed by atoms with Crippen LogP contribution in [-0.2, 0) is 0 Å². The summed E-state index contributed by atoms with van der Waals surface area (Å²) in [6, 6.07) is 5.53. The minimum atomic E-state index is -0.278. The van der Waals surface area contributed by atoms with Crippen LogP contribution >= 0.6 is 28.1 Å². The summed E-state index contributed by atoms with van der Waals surface area (Å²) in [6.07, 6.45) is 0. The summed E-state index contributed by atoms with van der Waals surface area (Å²) >= 11 is 8.34. The summed E-state index contributed by atoms with van der Waals surface area (Å²) in [5.74, 6) is 0. The highest BCUT2D eigenvalue weighted by Crippen LogP contribution is 2.16. The van der Waals surface area contributed by atoms with Crippen molar-refractivity contribution in [1.82, 2.24) is 9.97 Å². The van der Waals surface area contributed by atoms with Gasteiger partial charge in [0.05, 0.1) is 5.52 Å². The Bertz CT molecular complexity index is 572. The number of hydrogen-bond acceptors (Lipinski definition) is 2. The van der Waals surface area contributed by atoms with E-state index in [1.54, 1.807) is 0 Å². The van der Waals surface area contributed by atoms with Crippen LogP contribution in [0, 0.1) is 4.64 Å². The molecule has 2 rings (SSSR count). The van der Waals surface area contributed by atoms with Gasteiger partial charge in [0, 0.05) is 9.86 Å². The Balaban J connectivity index is 3.04. The molecule has 13 heavy (non-hydrogen) atoms. The van der Waals surface area contributed by atoms with Crippen LogP contribution in [0.1, 0.15) is 0 Å². The van der Waals surface area contributed by atoms with Crippen LogP contribution in [0.25, 0.3) is 10.9 Å². The van der Waals surface area contributed by atoms with E-state index in [0.717, 1.165) is 15.4 Å². The van der Waals surface area contributed by atoms with E-state index in [1.807, 2.05) is 18.2 Å². The molecule has 1 aromatic heterocycles. The Labute approximate surface area is 86.9 Å². The number of halogens is 1. The zero-order valence-corrected chi connectivity index (χ0v) is 8.83. The molecule has 1 heterocycles. The third kappa shape index (κ3) is 1.57. The molecule has 0 saturated carbocycles. The van der Waals surface area contributed by atoms with Crippen LogP contribution in [0.5, 0.6) is 0 Å². The van der Waals surface area contributed by atoms with Crippen LogP contribution in [0.15, 0.2) is 27.5 Å². The first kappa shape index (κ1) is 8.65. The van der Waals surface area contributed by atoms with Crippen molar-refractivity contribution in [3.05, 3.63) is 37.8 Å². The van der Waals surface area contributed by atoms with Gasteiger partial charge in [-0.3, -0.25) is 4.98 Å². The number of benzene rings is 1. The van der Waals surface area contributed by atoms with E-state index in [9.17, 15) is 4.79 Å². The lowest BCUT2D eigenvalue weighted by atomic mass is 10.2. The molecule has 5 heteroatoms. The summed E-state index contributed by atoms with van der Waals surface area (Å²) in [6.45, 7) is 0. The first-order valence-corrected chi connectivity index (χ1v) is 4.79. The molecular formula is C8H5BrN2OS. The van der Waals surface area contributed by atoms with Crippen LogP contribution in [0.4, 0.5) is 0 Å². The highest BCUT2D eigenvalue weighted by molar-refractivity contribution is 9.10. The second-order valence-corrected chi connectivity index (χ2v) is 3.92. The fourth-order valence-electron chi connectivity index (χ4n) is 1.14. The summed E-state index contributed by atoms with van der Waals surface area (Å²) in [5.41, 5.74) is 0.469. The average molecular weight is 257 g/mol. The molecule has 66 valence electrons. The van der Waals surface area contributed by atoms with Gasteiger partial charge in [-0.2, -0.15) is 0 Å². The second kappa shape index (κ2) is 3.08. The predicted molar refractivity (Wildman–Crippen MR) is 57.5 cm³/mol. The largest absolute Gasteiger partial charge is 0.324 e. The molecule has 0 aliphatic rings. The highest BCUT2D eigenvalue weighted by atomic mass is 79.9. The maximum atomic E-state index is 11.0. The molecule has 0 aliphatic heterocycles. The molecule has 0 fully saturated rings. The van der Waals surface area contributed by atoms with Crippen LogP contribution in [-0.4, -0.2) is 9.97 Å². The van der Waals surface area contributed by atoms with Gasteiger partial charge in [-0.05, 0) is 18.2 Å². The SMILES string of the molecule is O=c1[nH]c(=S)c2cc(Br)ccc2[nH]1. The third-order valence-electron chi connectivity index (χ3n) is 1.70. The second-order valence-electron chi connectivity index (χ2n) is 2.60. The smallest absolute Gasteiger partial charge is 0.307 e. The van der Waals surface area contributed by atoms with Crippen LogP contribution in [0.3, 0.4) is 0 Å². The van der Waals surface area contributed by atoms with E-state index in [0.29, 0.717) is 4.64 Å². The van der Waals surface area contributed by atoms with Crippen molar-refractivity contribution in [1.29, 1.82) is 0 Å². The zero-order valence-electron chi connectivity index (χ0n) is 6.43. The highest BCUT2D eigenvalue weighted by Gasteiger charge is 1.97. The van der Waals surface area contributed by atoms with Gasteiger partial charge >= 0.3 is 5.69 Å². The fourth-order valence-corrected chi connectivity index (χ4v) is 1.76. The minimum Gasteiger partial charge on any atom is -0.307 e. The average Bonchev–Trinajstić information content (AvgIpc) is 2.06. The number of rotatable bonds is 0. The molecule has 0 spiro atoms. The standard InChI is InChI=1S/C8H5BrN2OS/c9-4-1-2-6-5(3-4)7(13)11-8(12)10-6/h1-3H,(H2,10,11,12,13). The third-order valence-corrected chi connectivity index (χ3v) is 2.52. The molecule has 0 amide bonds. The number of aromatic amines is 2. The maximum Gasteiger partial charge on any atom is 0.324 e. The lowest BCUT2D eigenvalue weighted by Crippen LogP contribution is -2.09. The van der Waals surface area contributed by atoms with Crippen molar-refractivity contribution in [2.24, 2.45) is 0 Å². The minimum absolute atomic E-state index is 0.278. The van der Waals surface area contributed by atoms with Crippen molar-refractivity contribution in [3.8, 4) is 0 Å². The van der Waals surface area contributed by atoms with E-state index in [-0.39, 0.29) is 5.69 Å². The molecule has 0 aliphatic carbocycles. The molecule has 1 aromatic carbocycles. The molecule has 0 saturated heterocycles. The van der Waals surface area contributed by atoms with E-state index in [2.05, 4.69) is 25.9 Å². The summed E-state index contributed by atoms with van der Waals surface area (Å²) < 4.78 is 1.39. The number of nitrogens with one attached hydrogen (secondary N) is 2. The Morgan fingerprint density at radius 1 is 1.31 bits per heavy atom. The Hall–Kier alpha value is -0.940. The van der Waals surface area contributed by atoms with E-state index < -0.39 is 0 Å². The molecule has 0 bridgehead atoms. The van der Waals surface area contributed by atoms with Gasteiger partial charge < -0.3 is 4.98 Å². The normalized spacial score (nSPS) is 10.5. The van der Waals surface area contributed by atoms with Crippen LogP contribution in [0.2, 0.25) is 0 Å². The van der Waals surface area contributed by atoms with Gasteiger partial charge in [-0.25, -0.2) is 4.79 Å². The summed E-state index contributed by atoms with van der Waals surface area (Å²) in [5, 5.41) is 0.837. The van der Waals surface area contributed by atoms with Gasteiger partial charge in [0.2, 0.25) is 0 Å². The lowest BCUT2D eigenvalue weighted by molar-refractivity contribution is 1.11. The Morgan fingerprint density at radius 2 is 2.08 bits per heavy atom. The lowest BCUT2D eigenvalue weighted by Gasteiger charge is -1.97. The molecule has 2 aromatic rings. The van der Waals surface area contributed by atoms with Crippen molar-refractivity contribution in [2.75, 3.05) is 0 Å². The molecule has 0 unspecified atom stereocenters.